The second kappa shape index (κ2) is 11.8. The van der Waals surface area contributed by atoms with E-state index in [2.05, 4.69) is 31.2 Å². The standard InChI is InChI=1S/C21H26ClF3N6O3/c1-13(32)26-7-8-27-16-11-17(31-19(30-16)14-3-5-15(22)6-4-14)28-9-10-29-18(33)12-20(2,34)21(23,24)25/h3-6,11,34H,7-10,12H2,1-2H3,(H,26,32)(H,29,33)(H2,27,28,30,31). The summed E-state index contributed by atoms with van der Waals surface area (Å²) in [5.41, 5.74) is -2.41. The predicted molar refractivity (Wildman–Crippen MR) is 122 cm³/mol. The Hall–Kier alpha value is -3.12. The lowest BCUT2D eigenvalue weighted by Gasteiger charge is -2.25. The number of amides is 2. The van der Waals surface area contributed by atoms with E-state index in [0.717, 1.165) is 0 Å². The number of carbonyl (C=O) groups excluding carboxylic acids is 2. The molecule has 186 valence electrons. The third-order valence-electron chi connectivity index (χ3n) is 4.50. The first kappa shape index (κ1) is 27.1. The molecular formula is C21H26ClF3N6O3. The molecule has 34 heavy (non-hydrogen) atoms. The molecule has 0 bridgehead atoms. The van der Waals surface area contributed by atoms with E-state index in [4.69, 9.17) is 11.6 Å². The number of carbonyl (C=O) groups is 2. The molecule has 5 N–H and O–H groups in total. The van der Waals surface area contributed by atoms with Crippen LogP contribution in [0.4, 0.5) is 24.8 Å². The highest BCUT2D eigenvalue weighted by atomic mass is 35.5. The molecule has 0 spiro atoms. The summed E-state index contributed by atoms with van der Waals surface area (Å²) in [4.78, 5) is 31.6. The number of rotatable bonds is 11. The van der Waals surface area contributed by atoms with Crippen LogP contribution in [-0.4, -0.2) is 64.8 Å². The third-order valence-corrected chi connectivity index (χ3v) is 4.75. The SMILES string of the molecule is CC(=O)NCCNc1cc(NCCNC(=O)CC(C)(O)C(F)(F)F)nc(-c2ccc(Cl)cc2)n1. The van der Waals surface area contributed by atoms with E-state index in [0.29, 0.717) is 48.1 Å². The summed E-state index contributed by atoms with van der Waals surface area (Å²) in [7, 11) is 0. The maximum absolute atomic E-state index is 12.7. The molecule has 13 heteroatoms. The minimum atomic E-state index is -4.91. The molecule has 1 aromatic carbocycles. The Labute approximate surface area is 199 Å². The summed E-state index contributed by atoms with van der Waals surface area (Å²) >= 11 is 5.93. The Bertz CT molecular complexity index is 987. The maximum Gasteiger partial charge on any atom is 0.417 e. The molecular weight excluding hydrogens is 477 g/mol. The normalized spacial score (nSPS) is 13.0. The van der Waals surface area contributed by atoms with Crippen LogP contribution in [0.15, 0.2) is 30.3 Å². The van der Waals surface area contributed by atoms with Crippen LogP contribution in [0.2, 0.25) is 5.02 Å². The lowest BCUT2D eigenvalue weighted by molar-refractivity contribution is -0.253. The van der Waals surface area contributed by atoms with Gasteiger partial charge in [0.05, 0.1) is 6.42 Å². The van der Waals surface area contributed by atoms with Gasteiger partial charge in [-0.1, -0.05) is 11.6 Å². The van der Waals surface area contributed by atoms with E-state index >= 15 is 0 Å². The Balaban J connectivity index is 2.01. The van der Waals surface area contributed by atoms with Crippen molar-refractivity contribution in [3.8, 4) is 11.4 Å². The highest BCUT2D eigenvalue weighted by molar-refractivity contribution is 6.30. The van der Waals surface area contributed by atoms with E-state index < -0.39 is 24.1 Å². The molecule has 0 aliphatic carbocycles. The average Bonchev–Trinajstić information content (AvgIpc) is 2.73. The zero-order chi connectivity index (χ0) is 25.4. The first-order chi connectivity index (χ1) is 15.9. The topological polar surface area (TPSA) is 128 Å². The monoisotopic (exact) mass is 502 g/mol. The highest BCUT2D eigenvalue weighted by Crippen LogP contribution is 2.32. The van der Waals surface area contributed by atoms with Crippen LogP contribution in [0.5, 0.6) is 0 Å². The lowest BCUT2D eigenvalue weighted by Crippen LogP contribution is -2.46. The number of nitrogens with one attached hydrogen (secondary N) is 4. The van der Waals surface area contributed by atoms with E-state index in [1.54, 1.807) is 30.3 Å². The van der Waals surface area contributed by atoms with Crippen molar-refractivity contribution in [3.63, 3.8) is 0 Å². The summed E-state index contributed by atoms with van der Waals surface area (Å²) in [5.74, 6) is 0.159. The van der Waals surface area contributed by atoms with Gasteiger partial charge in [-0.15, -0.1) is 0 Å². The van der Waals surface area contributed by atoms with Crippen LogP contribution in [-0.2, 0) is 9.59 Å². The number of halogens is 4. The number of benzene rings is 1. The quantitative estimate of drug-likeness (QED) is 0.299. The molecule has 1 unspecified atom stereocenters. The van der Waals surface area contributed by atoms with Gasteiger partial charge in [0.1, 0.15) is 11.6 Å². The Morgan fingerprint density at radius 2 is 1.50 bits per heavy atom. The number of hydrogen-bond acceptors (Lipinski definition) is 7. The largest absolute Gasteiger partial charge is 0.417 e. The van der Waals surface area contributed by atoms with E-state index in [-0.39, 0.29) is 19.0 Å². The van der Waals surface area contributed by atoms with Gasteiger partial charge in [0.2, 0.25) is 11.8 Å². The average molecular weight is 503 g/mol. The molecule has 1 atom stereocenters. The molecule has 2 rings (SSSR count). The van der Waals surface area contributed by atoms with Crippen molar-refractivity contribution in [1.82, 2.24) is 20.6 Å². The molecule has 0 saturated carbocycles. The molecule has 0 aliphatic rings. The number of nitrogens with zero attached hydrogens (tertiary/aromatic N) is 2. The van der Waals surface area contributed by atoms with Gasteiger partial charge in [0.25, 0.3) is 0 Å². The molecule has 1 aromatic heterocycles. The molecule has 2 aromatic rings. The summed E-state index contributed by atoms with van der Waals surface area (Å²) in [6.45, 7) is 2.90. The van der Waals surface area contributed by atoms with Gasteiger partial charge >= 0.3 is 6.18 Å². The van der Waals surface area contributed by atoms with Crippen LogP contribution in [0, 0.1) is 0 Å². The Morgan fingerprint density at radius 1 is 0.971 bits per heavy atom. The number of aliphatic hydroxyl groups is 1. The zero-order valence-corrected chi connectivity index (χ0v) is 19.3. The van der Waals surface area contributed by atoms with Crippen molar-refractivity contribution >= 4 is 35.1 Å². The van der Waals surface area contributed by atoms with Crippen LogP contribution in [0.25, 0.3) is 11.4 Å². The fraction of sp³-hybridized carbons (Fsp3) is 0.429. The van der Waals surface area contributed by atoms with Gasteiger partial charge in [0.15, 0.2) is 11.4 Å². The van der Waals surface area contributed by atoms with Crippen molar-refractivity contribution in [3.05, 3.63) is 35.4 Å². The van der Waals surface area contributed by atoms with E-state index in [9.17, 15) is 27.9 Å². The van der Waals surface area contributed by atoms with Gasteiger partial charge < -0.3 is 26.4 Å². The molecule has 0 saturated heterocycles. The van der Waals surface area contributed by atoms with Gasteiger partial charge in [0, 0.05) is 49.8 Å². The Morgan fingerprint density at radius 3 is 2.00 bits per heavy atom. The fourth-order valence-electron chi connectivity index (χ4n) is 2.65. The lowest BCUT2D eigenvalue weighted by atomic mass is 10.0. The fourth-order valence-corrected chi connectivity index (χ4v) is 2.78. The molecule has 0 radical (unpaired) electrons. The van der Waals surface area contributed by atoms with E-state index in [1.807, 2.05) is 0 Å². The zero-order valence-electron chi connectivity index (χ0n) is 18.6. The first-order valence-corrected chi connectivity index (χ1v) is 10.7. The molecule has 0 fully saturated rings. The van der Waals surface area contributed by atoms with Crippen LogP contribution < -0.4 is 21.3 Å². The van der Waals surface area contributed by atoms with Gasteiger partial charge in [-0.3, -0.25) is 9.59 Å². The number of anilines is 2. The molecule has 1 heterocycles. The van der Waals surface area contributed by atoms with Crippen LogP contribution in [0.1, 0.15) is 20.3 Å². The number of aromatic nitrogens is 2. The second-order valence-electron chi connectivity index (χ2n) is 7.60. The summed E-state index contributed by atoms with van der Waals surface area (Å²) < 4.78 is 38.1. The minimum absolute atomic E-state index is 0.00164. The molecule has 9 nitrogen and oxygen atoms in total. The van der Waals surface area contributed by atoms with Gasteiger partial charge in [-0.25, -0.2) is 9.97 Å². The summed E-state index contributed by atoms with van der Waals surface area (Å²) in [5, 5.41) is 21.0. The first-order valence-electron chi connectivity index (χ1n) is 10.3. The summed E-state index contributed by atoms with van der Waals surface area (Å²) in [6, 6.07) is 8.49. The predicted octanol–water partition coefficient (Wildman–Crippen LogP) is 2.58. The second-order valence-corrected chi connectivity index (χ2v) is 8.04. The van der Waals surface area contributed by atoms with Crippen molar-refractivity contribution in [2.75, 3.05) is 36.8 Å². The van der Waals surface area contributed by atoms with Gasteiger partial charge in [-0.2, -0.15) is 13.2 Å². The molecule has 0 aliphatic heterocycles. The third kappa shape index (κ3) is 8.67. The van der Waals surface area contributed by atoms with Crippen molar-refractivity contribution in [2.45, 2.75) is 32.0 Å². The van der Waals surface area contributed by atoms with Crippen LogP contribution >= 0.6 is 11.6 Å². The van der Waals surface area contributed by atoms with Crippen molar-refractivity contribution in [1.29, 1.82) is 0 Å². The smallest absolute Gasteiger partial charge is 0.380 e. The number of alkyl halides is 3. The summed E-state index contributed by atoms with van der Waals surface area (Å²) in [6.07, 6.45) is -6.02. The highest BCUT2D eigenvalue weighted by Gasteiger charge is 2.50. The molecule has 2 amide bonds. The Kier molecular flexibility index (Phi) is 9.45. The minimum Gasteiger partial charge on any atom is -0.380 e. The van der Waals surface area contributed by atoms with Crippen molar-refractivity contribution < 1.29 is 27.9 Å². The number of hydrogen-bond donors (Lipinski definition) is 5. The van der Waals surface area contributed by atoms with Crippen molar-refractivity contribution in [2.24, 2.45) is 0 Å². The van der Waals surface area contributed by atoms with Crippen LogP contribution in [0.3, 0.4) is 0 Å². The maximum atomic E-state index is 12.7. The van der Waals surface area contributed by atoms with Gasteiger partial charge in [-0.05, 0) is 31.2 Å². The van der Waals surface area contributed by atoms with E-state index in [1.165, 1.54) is 6.92 Å².